The van der Waals surface area contributed by atoms with Crippen LogP contribution in [0.2, 0.25) is 0 Å². The average molecular weight is 266 g/mol. The zero-order chi connectivity index (χ0) is 13.7. The van der Waals surface area contributed by atoms with Crippen molar-refractivity contribution < 1.29 is 4.74 Å². The second-order valence-electron chi connectivity index (χ2n) is 4.63. The third-order valence-electron chi connectivity index (χ3n) is 3.42. The quantitative estimate of drug-likeness (QED) is 0.836. The molecule has 1 aromatic heterocycles. The molecule has 1 atom stereocenters. The Morgan fingerprint density at radius 2 is 2.32 bits per heavy atom. The van der Waals surface area contributed by atoms with Crippen LogP contribution in [0.1, 0.15) is 13.8 Å². The zero-order valence-electron chi connectivity index (χ0n) is 11.6. The Morgan fingerprint density at radius 1 is 1.47 bits per heavy atom. The van der Waals surface area contributed by atoms with Crippen molar-refractivity contribution in [2.45, 2.75) is 26.5 Å². The van der Waals surface area contributed by atoms with Gasteiger partial charge in [-0.05, 0) is 13.5 Å². The topological polar surface area (TPSA) is 59.4 Å². The predicted molar refractivity (Wildman–Crippen MR) is 74.5 cm³/mol. The molecule has 1 fully saturated rings. The van der Waals surface area contributed by atoms with Crippen LogP contribution < -0.4 is 10.9 Å². The first kappa shape index (κ1) is 14.0. The highest BCUT2D eigenvalue weighted by atomic mass is 16.5. The molecule has 0 amide bonds. The molecule has 19 heavy (non-hydrogen) atoms. The number of hydrogen-bond acceptors (Lipinski definition) is 5. The summed E-state index contributed by atoms with van der Waals surface area (Å²) in [6, 6.07) is 0. The summed E-state index contributed by atoms with van der Waals surface area (Å²) < 4.78 is 7.32. The second kappa shape index (κ2) is 6.68. The van der Waals surface area contributed by atoms with E-state index in [4.69, 9.17) is 4.74 Å². The maximum Gasteiger partial charge on any atom is 0.293 e. The standard InChI is InChI=1S/C13H22N4O2/c1-3-16-7-8-19-11(10-16)9-15-12-13(18)17(4-2)6-5-14-12/h5-6,11H,3-4,7-10H2,1-2H3,(H,14,15). The third kappa shape index (κ3) is 3.54. The maximum atomic E-state index is 12.0. The number of morpholine rings is 1. The predicted octanol–water partition coefficient (Wildman–Crippen LogP) is 0.396. The van der Waals surface area contributed by atoms with Gasteiger partial charge in [0.1, 0.15) is 0 Å². The molecular formula is C13H22N4O2. The molecule has 6 nitrogen and oxygen atoms in total. The first-order chi connectivity index (χ1) is 9.24. The van der Waals surface area contributed by atoms with Gasteiger partial charge in [0, 0.05) is 38.6 Å². The minimum atomic E-state index is -0.0758. The molecule has 1 aliphatic heterocycles. The summed E-state index contributed by atoms with van der Waals surface area (Å²) in [5.74, 6) is 0.404. The smallest absolute Gasteiger partial charge is 0.293 e. The summed E-state index contributed by atoms with van der Waals surface area (Å²) in [4.78, 5) is 18.4. The lowest BCUT2D eigenvalue weighted by Gasteiger charge is -2.32. The van der Waals surface area contributed by atoms with Gasteiger partial charge in [0.05, 0.1) is 12.7 Å². The van der Waals surface area contributed by atoms with Gasteiger partial charge in [-0.25, -0.2) is 4.98 Å². The van der Waals surface area contributed by atoms with Crippen LogP contribution in [0.25, 0.3) is 0 Å². The second-order valence-corrected chi connectivity index (χ2v) is 4.63. The van der Waals surface area contributed by atoms with Gasteiger partial charge in [-0.1, -0.05) is 6.92 Å². The number of ether oxygens (including phenoxy) is 1. The van der Waals surface area contributed by atoms with E-state index in [0.29, 0.717) is 18.9 Å². The Morgan fingerprint density at radius 3 is 3.05 bits per heavy atom. The fourth-order valence-electron chi connectivity index (χ4n) is 2.22. The lowest BCUT2D eigenvalue weighted by molar-refractivity contribution is -0.0192. The number of aromatic nitrogens is 2. The summed E-state index contributed by atoms with van der Waals surface area (Å²) in [5.41, 5.74) is -0.0758. The maximum absolute atomic E-state index is 12.0. The summed E-state index contributed by atoms with van der Waals surface area (Å²) in [6.07, 6.45) is 3.46. The van der Waals surface area contributed by atoms with Gasteiger partial charge in [-0.2, -0.15) is 0 Å². The van der Waals surface area contributed by atoms with E-state index in [0.717, 1.165) is 26.2 Å². The SMILES string of the molecule is CCN1CCOC(CNc2nccn(CC)c2=O)C1. The van der Waals surface area contributed by atoms with Crippen LogP contribution in [0, 0.1) is 0 Å². The Bertz CT molecular complexity index is 460. The van der Waals surface area contributed by atoms with Crippen LogP contribution in [-0.2, 0) is 11.3 Å². The molecule has 0 aromatic carbocycles. The van der Waals surface area contributed by atoms with Crippen LogP contribution in [0.3, 0.4) is 0 Å². The molecule has 0 saturated carbocycles. The molecule has 1 saturated heterocycles. The number of nitrogens with one attached hydrogen (secondary N) is 1. The summed E-state index contributed by atoms with van der Waals surface area (Å²) >= 11 is 0. The molecule has 106 valence electrons. The minimum absolute atomic E-state index is 0.0758. The van der Waals surface area contributed by atoms with Crippen LogP contribution in [-0.4, -0.2) is 53.3 Å². The van der Waals surface area contributed by atoms with Crippen LogP contribution >= 0.6 is 0 Å². The van der Waals surface area contributed by atoms with Gasteiger partial charge >= 0.3 is 0 Å². The molecule has 0 bridgehead atoms. The number of anilines is 1. The molecule has 2 rings (SSSR count). The molecule has 1 aliphatic rings. The van der Waals surface area contributed by atoms with Crippen molar-refractivity contribution in [2.75, 3.05) is 38.1 Å². The fraction of sp³-hybridized carbons (Fsp3) is 0.692. The highest BCUT2D eigenvalue weighted by Gasteiger charge is 2.19. The normalized spacial score (nSPS) is 20.4. The first-order valence-corrected chi connectivity index (χ1v) is 6.87. The van der Waals surface area contributed by atoms with E-state index in [9.17, 15) is 4.79 Å². The van der Waals surface area contributed by atoms with E-state index >= 15 is 0 Å². The summed E-state index contributed by atoms with van der Waals surface area (Å²) in [7, 11) is 0. The summed E-state index contributed by atoms with van der Waals surface area (Å²) in [6.45, 7) is 9.03. The molecule has 0 aliphatic carbocycles. The highest BCUT2D eigenvalue weighted by Crippen LogP contribution is 2.05. The van der Waals surface area contributed by atoms with Gasteiger partial charge in [-0.3, -0.25) is 9.69 Å². The van der Waals surface area contributed by atoms with Crippen molar-refractivity contribution in [1.29, 1.82) is 0 Å². The minimum Gasteiger partial charge on any atom is -0.374 e. The van der Waals surface area contributed by atoms with Crippen molar-refractivity contribution in [1.82, 2.24) is 14.5 Å². The average Bonchev–Trinajstić information content (AvgIpc) is 2.46. The summed E-state index contributed by atoms with van der Waals surface area (Å²) in [5, 5.41) is 3.11. The number of aryl methyl sites for hydroxylation is 1. The van der Waals surface area contributed by atoms with Gasteiger partial charge < -0.3 is 14.6 Å². The molecular weight excluding hydrogens is 244 g/mol. The van der Waals surface area contributed by atoms with Gasteiger partial charge in [-0.15, -0.1) is 0 Å². The molecule has 0 radical (unpaired) electrons. The Balaban J connectivity index is 1.93. The molecule has 1 aromatic rings. The highest BCUT2D eigenvalue weighted by molar-refractivity contribution is 5.30. The van der Waals surface area contributed by atoms with Crippen LogP contribution in [0.4, 0.5) is 5.82 Å². The van der Waals surface area contributed by atoms with Crippen LogP contribution in [0.5, 0.6) is 0 Å². The molecule has 6 heteroatoms. The lowest BCUT2D eigenvalue weighted by Crippen LogP contribution is -2.45. The molecule has 0 spiro atoms. The van der Waals surface area contributed by atoms with Gasteiger partial charge in [0.15, 0.2) is 5.82 Å². The Kier molecular flexibility index (Phi) is 4.93. The van der Waals surface area contributed by atoms with Crippen molar-refractivity contribution in [3.8, 4) is 0 Å². The van der Waals surface area contributed by atoms with Crippen molar-refractivity contribution in [3.05, 3.63) is 22.7 Å². The number of hydrogen-bond donors (Lipinski definition) is 1. The third-order valence-corrected chi connectivity index (χ3v) is 3.42. The van der Waals surface area contributed by atoms with E-state index in [1.165, 1.54) is 0 Å². The fourth-order valence-corrected chi connectivity index (χ4v) is 2.22. The monoisotopic (exact) mass is 266 g/mol. The largest absolute Gasteiger partial charge is 0.374 e. The van der Waals surface area contributed by atoms with E-state index in [1.807, 2.05) is 6.92 Å². The number of rotatable bonds is 5. The van der Waals surface area contributed by atoms with Crippen molar-refractivity contribution in [2.24, 2.45) is 0 Å². The van der Waals surface area contributed by atoms with Gasteiger partial charge in [0.25, 0.3) is 5.56 Å². The van der Waals surface area contributed by atoms with E-state index in [2.05, 4.69) is 22.1 Å². The van der Waals surface area contributed by atoms with E-state index < -0.39 is 0 Å². The molecule has 2 heterocycles. The first-order valence-electron chi connectivity index (χ1n) is 6.87. The molecule has 1 N–H and O–H groups in total. The molecule has 1 unspecified atom stereocenters. The Labute approximate surface area is 113 Å². The number of likely N-dealkylation sites (N-methyl/N-ethyl adjacent to an activating group) is 1. The van der Waals surface area contributed by atoms with E-state index in [1.54, 1.807) is 17.0 Å². The van der Waals surface area contributed by atoms with E-state index in [-0.39, 0.29) is 11.7 Å². The van der Waals surface area contributed by atoms with Gasteiger partial charge in [0.2, 0.25) is 0 Å². The van der Waals surface area contributed by atoms with Crippen LogP contribution in [0.15, 0.2) is 17.2 Å². The van der Waals surface area contributed by atoms with Crippen molar-refractivity contribution in [3.63, 3.8) is 0 Å². The van der Waals surface area contributed by atoms with Crippen molar-refractivity contribution >= 4 is 5.82 Å². The Hall–Kier alpha value is -1.40. The number of nitrogens with zero attached hydrogens (tertiary/aromatic N) is 3. The lowest BCUT2D eigenvalue weighted by atomic mass is 10.2. The zero-order valence-corrected chi connectivity index (χ0v) is 11.6.